The second-order valence-electron chi connectivity index (χ2n) is 3.97. The summed E-state index contributed by atoms with van der Waals surface area (Å²) in [4.78, 5) is 22.4. The number of nitrogens with one attached hydrogen (secondary N) is 2. The van der Waals surface area contributed by atoms with Gasteiger partial charge in [0.05, 0.1) is 12.5 Å². The van der Waals surface area contributed by atoms with Crippen LogP contribution in [0.5, 0.6) is 0 Å². The number of imide groups is 1. The molecule has 0 saturated carbocycles. The maximum absolute atomic E-state index is 11.4. The minimum atomic E-state index is -0.400. The van der Waals surface area contributed by atoms with Crippen molar-refractivity contribution in [3.8, 4) is 0 Å². The van der Waals surface area contributed by atoms with Crippen molar-refractivity contribution in [2.75, 3.05) is 0 Å². The molecule has 1 unspecified atom stereocenters. The summed E-state index contributed by atoms with van der Waals surface area (Å²) in [6, 6.07) is 9.49. The highest BCUT2D eigenvalue weighted by atomic mass is 16.2. The molecule has 0 spiro atoms. The summed E-state index contributed by atoms with van der Waals surface area (Å²) in [5.41, 5.74) is 1.11. The van der Waals surface area contributed by atoms with E-state index in [0.29, 0.717) is 0 Å². The van der Waals surface area contributed by atoms with Crippen LogP contribution < -0.4 is 10.6 Å². The Morgan fingerprint density at radius 2 is 2.00 bits per heavy atom. The monoisotopic (exact) mass is 218 g/mol. The third kappa shape index (κ3) is 2.28. The van der Waals surface area contributed by atoms with E-state index in [0.717, 1.165) is 5.56 Å². The lowest BCUT2D eigenvalue weighted by atomic mass is 10.1. The first-order valence-electron chi connectivity index (χ1n) is 5.31. The Balaban J connectivity index is 2.00. The van der Waals surface area contributed by atoms with Gasteiger partial charge >= 0.3 is 0 Å². The van der Waals surface area contributed by atoms with Crippen LogP contribution in [0.1, 0.15) is 24.9 Å². The van der Waals surface area contributed by atoms with Crippen molar-refractivity contribution in [2.24, 2.45) is 0 Å². The predicted molar refractivity (Wildman–Crippen MR) is 59.5 cm³/mol. The van der Waals surface area contributed by atoms with Gasteiger partial charge in [0.1, 0.15) is 0 Å². The topological polar surface area (TPSA) is 58.2 Å². The lowest BCUT2D eigenvalue weighted by Crippen LogP contribution is -2.37. The quantitative estimate of drug-likeness (QED) is 0.736. The van der Waals surface area contributed by atoms with Crippen molar-refractivity contribution < 1.29 is 9.59 Å². The third-order valence-corrected chi connectivity index (χ3v) is 2.72. The zero-order valence-electron chi connectivity index (χ0n) is 9.07. The van der Waals surface area contributed by atoms with Gasteiger partial charge in [-0.05, 0) is 12.5 Å². The Kier molecular flexibility index (Phi) is 3.01. The average Bonchev–Trinajstić information content (AvgIpc) is 2.59. The molecule has 2 atom stereocenters. The van der Waals surface area contributed by atoms with E-state index in [-0.39, 0.29) is 24.3 Å². The van der Waals surface area contributed by atoms with E-state index >= 15 is 0 Å². The van der Waals surface area contributed by atoms with E-state index in [1.165, 1.54) is 0 Å². The first kappa shape index (κ1) is 10.8. The molecule has 84 valence electrons. The van der Waals surface area contributed by atoms with E-state index in [9.17, 15) is 9.59 Å². The summed E-state index contributed by atoms with van der Waals surface area (Å²) in [6.45, 7) is 1.98. The molecule has 0 aliphatic carbocycles. The minimum Gasteiger partial charge on any atom is -0.299 e. The molecule has 2 N–H and O–H groups in total. The molecule has 2 amide bonds. The van der Waals surface area contributed by atoms with Gasteiger partial charge in [-0.2, -0.15) is 0 Å². The van der Waals surface area contributed by atoms with E-state index in [1.54, 1.807) is 0 Å². The molecule has 1 fully saturated rings. The maximum Gasteiger partial charge on any atom is 0.244 e. The predicted octanol–water partition coefficient (Wildman–Crippen LogP) is 0.752. The van der Waals surface area contributed by atoms with Gasteiger partial charge in [-0.25, -0.2) is 0 Å². The highest BCUT2D eigenvalue weighted by molar-refractivity contribution is 6.05. The number of hydrogen-bond donors (Lipinski definition) is 2. The molecular weight excluding hydrogens is 204 g/mol. The normalized spacial score (nSPS) is 21.9. The maximum atomic E-state index is 11.4. The Morgan fingerprint density at radius 3 is 2.56 bits per heavy atom. The molecule has 0 radical (unpaired) electrons. The first-order chi connectivity index (χ1) is 7.66. The molecule has 2 rings (SSSR count). The average molecular weight is 218 g/mol. The van der Waals surface area contributed by atoms with E-state index in [2.05, 4.69) is 10.6 Å². The number of carbonyl (C=O) groups excluding carboxylic acids is 2. The lowest BCUT2D eigenvalue weighted by Gasteiger charge is -2.17. The van der Waals surface area contributed by atoms with Crippen LogP contribution in [0.4, 0.5) is 0 Å². The molecule has 0 aromatic heterocycles. The van der Waals surface area contributed by atoms with Gasteiger partial charge < -0.3 is 0 Å². The molecule has 16 heavy (non-hydrogen) atoms. The number of carbonyl (C=O) groups is 2. The summed E-state index contributed by atoms with van der Waals surface area (Å²) >= 11 is 0. The molecule has 1 heterocycles. The molecule has 1 aromatic carbocycles. The van der Waals surface area contributed by atoms with E-state index < -0.39 is 6.04 Å². The molecule has 4 heteroatoms. The highest BCUT2D eigenvalue weighted by Gasteiger charge is 2.31. The van der Waals surface area contributed by atoms with Crippen LogP contribution in [-0.4, -0.2) is 17.9 Å². The fourth-order valence-corrected chi connectivity index (χ4v) is 1.83. The molecule has 1 aromatic rings. The van der Waals surface area contributed by atoms with Crippen LogP contribution >= 0.6 is 0 Å². The largest absolute Gasteiger partial charge is 0.299 e. The Bertz CT molecular complexity index is 403. The Labute approximate surface area is 94.0 Å². The Hall–Kier alpha value is -1.68. The van der Waals surface area contributed by atoms with Crippen LogP contribution in [0.15, 0.2) is 30.3 Å². The summed E-state index contributed by atoms with van der Waals surface area (Å²) < 4.78 is 0. The van der Waals surface area contributed by atoms with Crippen molar-refractivity contribution in [1.29, 1.82) is 0 Å². The molecule has 1 aliphatic rings. The van der Waals surface area contributed by atoms with E-state index in [1.807, 2.05) is 37.3 Å². The number of benzene rings is 1. The van der Waals surface area contributed by atoms with Crippen molar-refractivity contribution in [1.82, 2.24) is 10.6 Å². The second-order valence-corrected chi connectivity index (χ2v) is 3.97. The summed E-state index contributed by atoms with van der Waals surface area (Å²) in [6.07, 6.45) is 0.232. The molecular formula is C12H14N2O2. The van der Waals surface area contributed by atoms with Gasteiger partial charge in [0.2, 0.25) is 11.8 Å². The van der Waals surface area contributed by atoms with Crippen LogP contribution in [0.2, 0.25) is 0 Å². The number of hydrogen-bond acceptors (Lipinski definition) is 3. The zero-order valence-corrected chi connectivity index (χ0v) is 9.07. The fraction of sp³-hybridized carbons (Fsp3) is 0.333. The number of rotatable bonds is 3. The van der Waals surface area contributed by atoms with Gasteiger partial charge in [0, 0.05) is 6.04 Å². The highest BCUT2D eigenvalue weighted by Crippen LogP contribution is 2.14. The van der Waals surface area contributed by atoms with E-state index in [4.69, 9.17) is 0 Å². The summed E-state index contributed by atoms with van der Waals surface area (Å²) in [5, 5.41) is 5.43. The molecule has 1 saturated heterocycles. The van der Waals surface area contributed by atoms with Crippen LogP contribution in [0.3, 0.4) is 0 Å². The molecule has 1 aliphatic heterocycles. The van der Waals surface area contributed by atoms with Crippen molar-refractivity contribution in [3.05, 3.63) is 35.9 Å². The van der Waals surface area contributed by atoms with Crippen molar-refractivity contribution in [2.45, 2.75) is 25.4 Å². The van der Waals surface area contributed by atoms with Crippen molar-refractivity contribution in [3.63, 3.8) is 0 Å². The third-order valence-electron chi connectivity index (χ3n) is 2.72. The molecule has 0 bridgehead atoms. The van der Waals surface area contributed by atoms with Crippen LogP contribution in [0, 0.1) is 0 Å². The van der Waals surface area contributed by atoms with Gasteiger partial charge in [0.15, 0.2) is 0 Å². The lowest BCUT2D eigenvalue weighted by molar-refractivity contribution is -0.125. The summed E-state index contributed by atoms with van der Waals surface area (Å²) in [5.74, 6) is -0.435. The molecule has 4 nitrogen and oxygen atoms in total. The second kappa shape index (κ2) is 4.45. The van der Waals surface area contributed by atoms with Gasteiger partial charge in [-0.1, -0.05) is 30.3 Å². The zero-order chi connectivity index (χ0) is 11.5. The van der Waals surface area contributed by atoms with Crippen LogP contribution in [0.25, 0.3) is 0 Å². The SMILES string of the molecule is C[C@@H](NC1CC(=O)NC1=O)c1ccccc1. The van der Waals surface area contributed by atoms with Gasteiger partial charge in [0.25, 0.3) is 0 Å². The van der Waals surface area contributed by atoms with Crippen LogP contribution in [-0.2, 0) is 9.59 Å². The number of amides is 2. The summed E-state index contributed by atoms with van der Waals surface area (Å²) in [7, 11) is 0. The van der Waals surface area contributed by atoms with Crippen molar-refractivity contribution >= 4 is 11.8 Å². The fourth-order valence-electron chi connectivity index (χ4n) is 1.83. The first-order valence-corrected chi connectivity index (χ1v) is 5.31. The smallest absolute Gasteiger partial charge is 0.244 e. The Morgan fingerprint density at radius 1 is 1.31 bits per heavy atom. The van der Waals surface area contributed by atoms with Gasteiger partial charge in [-0.15, -0.1) is 0 Å². The van der Waals surface area contributed by atoms with Gasteiger partial charge in [-0.3, -0.25) is 20.2 Å². The standard InChI is InChI=1S/C12H14N2O2/c1-8(9-5-3-2-4-6-9)13-10-7-11(15)14-12(10)16/h2-6,8,10,13H,7H2,1H3,(H,14,15,16)/t8-,10?/m1/s1. The minimum absolute atomic E-state index is 0.0582.